The van der Waals surface area contributed by atoms with Gasteiger partial charge >= 0.3 is 5.97 Å². The van der Waals surface area contributed by atoms with E-state index in [0.717, 1.165) is 12.8 Å². The molecule has 0 amide bonds. The maximum absolute atomic E-state index is 10.5. The van der Waals surface area contributed by atoms with Crippen molar-refractivity contribution in [1.29, 1.82) is 0 Å². The van der Waals surface area contributed by atoms with Crippen molar-refractivity contribution in [3.8, 4) is 0 Å². The zero-order valence-electron chi connectivity index (χ0n) is 8.12. The van der Waals surface area contributed by atoms with Gasteiger partial charge in [0.15, 0.2) is 0 Å². The average molecular weight is 209 g/mol. The van der Waals surface area contributed by atoms with E-state index >= 15 is 0 Å². The Morgan fingerprint density at radius 2 is 2.15 bits per heavy atom. The molecule has 0 fully saturated rings. The molecule has 0 bridgehead atoms. The lowest BCUT2D eigenvalue weighted by molar-refractivity contribution is -0.145. The third-order valence-corrected chi connectivity index (χ3v) is 2.05. The Balaban J connectivity index is 3.36. The number of halogens is 1. The molecule has 0 aromatic carbocycles. The summed E-state index contributed by atoms with van der Waals surface area (Å²) >= 11 is 5.42. The lowest BCUT2D eigenvalue weighted by Gasteiger charge is -2.12. The maximum atomic E-state index is 10.5. The Morgan fingerprint density at radius 3 is 2.62 bits per heavy atom. The second-order valence-corrected chi connectivity index (χ2v) is 3.47. The molecule has 0 heterocycles. The molecule has 0 aromatic rings. The van der Waals surface area contributed by atoms with Gasteiger partial charge in [-0.25, -0.2) is 0 Å². The molecule has 0 aromatic heterocycles. The van der Waals surface area contributed by atoms with Crippen molar-refractivity contribution in [1.82, 2.24) is 0 Å². The van der Waals surface area contributed by atoms with Gasteiger partial charge in [-0.05, 0) is 26.2 Å². The Kier molecular flexibility index (Phi) is 7.00. The summed E-state index contributed by atoms with van der Waals surface area (Å²) in [5.41, 5.74) is 0. The average Bonchev–Trinajstić information content (AvgIpc) is 2.02. The highest BCUT2D eigenvalue weighted by atomic mass is 35.5. The molecule has 2 atom stereocenters. The van der Waals surface area contributed by atoms with Crippen molar-refractivity contribution in [2.45, 2.75) is 45.3 Å². The van der Waals surface area contributed by atoms with Gasteiger partial charge in [-0.2, -0.15) is 0 Å². The van der Waals surface area contributed by atoms with E-state index in [4.69, 9.17) is 21.4 Å². The molecule has 0 saturated heterocycles. The van der Waals surface area contributed by atoms with Gasteiger partial charge in [-0.3, -0.25) is 4.79 Å². The summed E-state index contributed by atoms with van der Waals surface area (Å²) in [5, 5.41) is 9.11. The van der Waals surface area contributed by atoms with Gasteiger partial charge in [0, 0.05) is 12.8 Å². The smallest absolute Gasteiger partial charge is 0.302 e. The van der Waals surface area contributed by atoms with Crippen LogP contribution in [-0.2, 0) is 9.53 Å². The number of carbonyl (C=O) groups is 1. The number of rotatable bonds is 6. The molecule has 1 unspecified atom stereocenters. The largest absolute Gasteiger partial charge is 0.463 e. The highest BCUT2D eigenvalue weighted by molar-refractivity contribution is 6.18. The lowest BCUT2D eigenvalue weighted by Crippen LogP contribution is -2.14. The van der Waals surface area contributed by atoms with E-state index in [1.165, 1.54) is 6.92 Å². The minimum absolute atomic E-state index is 0.0694. The van der Waals surface area contributed by atoms with Crippen molar-refractivity contribution in [3.05, 3.63) is 0 Å². The van der Waals surface area contributed by atoms with Gasteiger partial charge in [0.05, 0.1) is 12.2 Å². The third-order valence-electron chi connectivity index (χ3n) is 1.69. The number of aliphatic hydroxyl groups excluding tert-OH is 1. The molecule has 4 heteroatoms. The molecule has 0 saturated carbocycles. The van der Waals surface area contributed by atoms with Crippen molar-refractivity contribution in [2.75, 3.05) is 5.88 Å². The summed E-state index contributed by atoms with van der Waals surface area (Å²) in [7, 11) is 0. The molecule has 3 nitrogen and oxygen atoms in total. The summed E-state index contributed by atoms with van der Waals surface area (Å²) in [6.45, 7) is 3.23. The van der Waals surface area contributed by atoms with Crippen LogP contribution in [0.1, 0.15) is 33.1 Å². The second kappa shape index (κ2) is 7.15. The predicted octanol–water partition coefficient (Wildman–Crippen LogP) is 1.71. The van der Waals surface area contributed by atoms with Crippen molar-refractivity contribution in [3.63, 3.8) is 0 Å². The number of aliphatic hydroxyl groups is 1. The first-order valence-corrected chi connectivity index (χ1v) is 5.01. The Hall–Kier alpha value is -0.280. The first-order chi connectivity index (χ1) is 6.06. The third kappa shape index (κ3) is 8.06. The van der Waals surface area contributed by atoms with Crippen molar-refractivity contribution >= 4 is 17.6 Å². The van der Waals surface area contributed by atoms with Crippen LogP contribution in [0.4, 0.5) is 0 Å². The molecule has 0 spiro atoms. The summed E-state index contributed by atoms with van der Waals surface area (Å²) in [4.78, 5) is 10.5. The fourth-order valence-corrected chi connectivity index (χ4v) is 1.21. The molecule has 0 rings (SSSR count). The Bertz CT molecular complexity index is 150. The monoisotopic (exact) mass is 208 g/mol. The number of carbonyl (C=O) groups excluding carboxylic acids is 1. The van der Waals surface area contributed by atoms with Gasteiger partial charge in [0.1, 0.15) is 0 Å². The van der Waals surface area contributed by atoms with Crippen LogP contribution in [0.5, 0.6) is 0 Å². The fraction of sp³-hybridized carbons (Fsp3) is 0.889. The summed E-state index contributed by atoms with van der Waals surface area (Å²) < 4.78 is 4.91. The number of hydrogen-bond acceptors (Lipinski definition) is 3. The van der Waals surface area contributed by atoms with Gasteiger partial charge in [0.2, 0.25) is 0 Å². The highest BCUT2D eigenvalue weighted by Crippen LogP contribution is 2.07. The number of ether oxygens (including phenoxy) is 1. The molecule has 13 heavy (non-hydrogen) atoms. The van der Waals surface area contributed by atoms with Crippen LogP contribution in [0.2, 0.25) is 0 Å². The molecule has 0 aliphatic heterocycles. The van der Waals surface area contributed by atoms with Gasteiger partial charge in [0.25, 0.3) is 0 Å². The Morgan fingerprint density at radius 1 is 1.54 bits per heavy atom. The van der Waals surface area contributed by atoms with E-state index in [1.54, 1.807) is 0 Å². The highest BCUT2D eigenvalue weighted by Gasteiger charge is 2.07. The summed E-state index contributed by atoms with van der Waals surface area (Å²) in [5.74, 6) is 0.00692. The predicted molar refractivity (Wildman–Crippen MR) is 51.8 cm³/mol. The van der Waals surface area contributed by atoms with E-state index in [0.29, 0.717) is 6.42 Å². The van der Waals surface area contributed by atoms with Crippen LogP contribution >= 0.6 is 11.6 Å². The van der Waals surface area contributed by atoms with Crippen LogP contribution in [-0.4, -0.2) is 29.2 Å². The number of esters is 1. The SMILES string of the molecule is CC(=O)O[C@H](C)CCCC(O)CCl. The number of hydrogen-bond donors (Lipinski definition) is 1. The van der Waals surface area contributed by atoms with E-state index < -0.39 is 6.10 Å². The summed E-state index contributed by atoms with van der Waals surface area (Å²) in [6.07, 6.45) is 1.75. The molecular weight excluding hydrogens is 192 g/mol. The molecular formula is C9H17ClO3. The van der Waals surface area contributed by atoms with E-state index in [-0.39, 0.29) is 18.0 Å². The zero-order valence-corrected chi connectivity index (χ0v) is 8.88. The first-order valence-electron chi connectivity index (χ1n) is 4.47. The normalized spacial score (nSPS) is 15.1. The van der Waals surface area contributed by atoms with Gasteiger partial charge in [-0.15, -0.1) is 11.6 Å². The van der Waals surface area contributed by atoms with Crippen molar-refractivity contribution in [2.24, 2.45) is 0 Å². The standard InChI is InChI=1S/C9H17ClO3/c1-7(13-8(2)11)4-3-5-9(12)6-10/h7,9,12H,3-6H2,1-2H3/t7-,9?/m1/s1. The zero-order chi connectivity index (χ0) is 10.3. The second-order valence-electron chi connectivity index (χ2n) is 3.16. The van der Waals surface area contributed by atoms with Gasteiger partial charge in [-0.1, -0.05) is 0 Å². The summed E-state index contributed by atoms with van der Waals surface area (Å²) in [6, 6.07) is 0. The minimum Gasteiger partial charge on any atom is -0.463 e. The van der Waals surface area contributed by atoms with Gasteiger partial charge < -0.3 is 9.84 Å². The van der Waals surface area contributed by atoms with Crippen LogP contribution in [0.25, 0.3) is 0 Å². The minimum atomic E-state index is -0.439. The van der Waals surface area contributed by atoms with Crippen LogP contribution in [0.3, 0.4) is 0 Å². The van der Waals surface area contributed by atoms with E-state index in [1.807, 2.05) is 6.92 Å². The first kappa shape index (κ1) is 12.7. The molecule has 0 radical (unpaired) electrons. The van der Waals surface area contributed by atoms with Crippen molar-refractivity contribution < 1.29 is 14.6 Å². The molecule has 0 aliphatic rings. The van der Waals surface area contributed by atoms with Crippen LogP contribution < -0.4 is 0 Å². The molecule has 0 aliphatic carbocycles. The van der Waals surface area contributed by atoms with Crippen LogP contribution in [0.15, 0.2) is 0 Å². The van der Waals surface area contributed by atoms with Crippen LogP contribution in [0, 0.1) is 0 Å². The van der Waals surface area contributed by atoms with E-state index in [9.17, 15) is 4.79 Å². The molecule has 78 valence electrons. The molecule has 1 N–H and O–H groups in total. The quantitative estimate of drug-likeness (QED) is 0.534. The topological polar surface area (TPSA) is 46.5 Å². The lowest BCUT2D eigenvalue weighted by atomic mass is 10.1. The maximum Gasteiger partial charge on any atom is 0.302 e. The number of alkyl halides is 1. The Labute approximate surface area is 84.0 Å². The van der Waals surface area contributed by atoms with E-state index in [2.05, 4.69) is 0 Å². The fourth-order valence-electron chi connectivity index (χ4n) is 1.06.